The number of H-pyrrole nitrogens is 1. The van der Waals surface area contributed by atoms with Gasteiger partial charge < -0.3 is 10.1 Å². The third-order valence-electron chi connectivity index (χ3n) is 4.10. The van der Waals surface area contributed by atoms with Crippen LogP contribution in [0.15, 0.2) is 70.3 Å². The molecule has 0 fully saturated rings. The van der Waals surface area contributed by atoms with Gasteiger partial charge in [-0.25, -0.2) is 4.79 Å². The molecular weight excluding hydrogens is 330 g/mol. The molecule has 0 aliphatic heterocycles. The summed E-state index contributed by atoms with van der Waals surface area (Å²) in [6, 6.07) is 19.4. The molecule has 0 bridgehead atoms. The predicted molar refractivity (Wildman–Crippen MR) is 101 cm³/mol. The van der Waals surface area contributed by atoms with Crippen LogP contribution < -0.4 is 16.6 Å². The SMILES string of the molecule is CNc1c(Cc2ccccc2)n(COCc2ccccc2)c(=O)[nH]c1=O. The number of anilines is 1. The summed E-state index contributed by atoms with van der Waals surface area (Å²) in [4.78, 5) is 26.9. The van der Waals surface area contributed by atoms with E-state index in [4.69, 9.17) is 4.74 Å². The largest absolute Gasteiger partial charge is 0.382 e. The van der Waals surface area contributed by atoms with Gasteiger partial charge in [-0.1, -0.05) is 60.7 Å². The molecule has 6 heteroatoms. The Kier molecular flexibility index (Phi) is 5.66. The molecule has 0 unspecified atom stereocenters. The monoisotopic (exact) mass is 351 g/mol. The first-order valence-corrected chi connectivity index (χ1v) is 8.38. The molecule has 2 N–H and O–H groups in total. The molecule has 26 heavy (non-hydrogen) atoms. The maximum atomic E-state index is 12.4. The van der Waals surface area contributed by atoms with Gasteiger partial charge in [-0.05, 0) is 11.1 Å². The molecule has 0 saturated heterocycles. The summed E-state index contributed by atoms with van der Waals surface area (Å²) in [5, 5.41) is 2.90. The van der Waals surface area contributed by atoms with E-state index >= 15 is 0 Å². The minimum absolute atomic E-state index is 0.0569. The minimum Gasteiger partial charge on any atom is -0.382 e. The number of hydrogen-bond acceptors (Lipinski definition) is 4. The number of rotatable bonds is 7. The molecule has 0 radical (unpaired) electrons. The molecule has 0 aliphatic rings. The number of hydrogen-bond donors (Lipinski definition) is 2. The summed E-state index contributed by atoms with van der Waals surface area (Å²) >= 11 is 0. The third kappa shape index (κ3) is 4.10. The first kappa shape index (κ1) is 17.7. The number of aromatic nitrogens is 2. The van der Waals surface area contributed by atoms with Crippen LogP contribution in [0, 0.1) is 0 Å². The van der Waals surface area contributed by atoms with Crippen molar-refractivity contribution in [3.8, 4) is 0 Å². The van der Waals surface area contributed by atoms with Crippen molar-refractivity contribution in [1.29, 1.82) is 0 Å². The first-order valence-electron chi connectivity index (χ1n) is 8.38. The van der Waals surface area contributed by atoms with Crippen molar-refractivity contribution in [2.24, 2.45) is 0 Å². The fourth-order valence-electron chi connectivity index (χ4n) is 2.81. The molecule has 1 aromatic heterocycles. The summed E-state index contributed by atoms with van der Waals surface area (Å²) in [5.41, 5.74) is 2.09. The van der Waals surface area contributed by atoms with Crippen molar-refractivity contribution < 1.29 is 4.74 Å². The van der Waals surface area contributed by atoms with Crippen molar-refractivity contribution in [1.82, 2.24) is 9.55 Å². The summed E-state index contributed by atoms with van der Waals surface area (Å²) in [7, 11) is 1.67. The molecule has 0 amide bonds. The summed E-state index contributed by atoms with van der Waals surface area (Å²) in [6.07, 6.45) is 0.449. The van der Waals surface area contributed by atoms with E-state index in [0.717, 1.165) is 11.1 Å². The molecule has 3 rings (SSSR count). The maximum absolute atomic E-state index is 12.4. The Bertz CT molecular complexity index is 963. The van der Waals surface area contributed by atoms with Crippen LogP contribution in [0.3, 0.4) is 0 Å². The van der Waals surface area contributed by atoms with Crippen molar-refractivity contribution in [3.05, 3.63) is 98.3 Å². The smallest absolute Gasteiger partial charge is 0.330 e. The molecule has 0 atom stereocenters. The van der Waals surface area contributed by atoms with Gasteiger partial charge in [0.05, 0.1) is 12.3 Å². The lowest BCUT2D eigenvalue weighted by atomic mass is 10.1. The topological polar surface area (TPSA) is 76.1 Å². The first-order chi connectivity index (χ1) is 12.7. The second-order valence-corrected chi connectivity index (χ2v) is 5.88. The van der Waals surface area contributed by atoms with E-state index in [1.165, 1.54) is 4.57 Å². The number of ether oxygens (including phenoxy) is 1. The average Bonchev–Trinajstić information content (AvgIpc) is 2.66. The standard InChI is InChI=1S/C20H21N3O3/c1-21-18-17(12-15-8-4-2-5-9-15)23(20(25)22-19(18)24)14-26-13-16-10-6-3-7-11-16/h2-11,21H,12-14H2,1H3,(H,22,24,25). The number of benzene rings is 2. The molecule has 0 aliphatic carbocycles. The van der Waals surface area contributed by atoms with Gasteiger partial charge in [-0.3, -0.25) is 14.3 Å². The molecule has 2 aromatic carbocycles. The summed E-state index contributed by atoms with van der Waals surface area (Å²) in [6.45, 7) is 0.438. The average molecular weight is 351 g/mol. The predicted octanol–water partition coefficient (Wildman–Crippen LogP) is 2.34. The Labute approximate surface area is 151 Å². The second kappa shape index (κ2) is 8.31. The Morgan fingerprint density at radius 3 is 2.19 bits per heavy atom. The third-order valence-corrected chi connectivity index (χ3v) is 4.10. The Morgan fingerprint density at radius 1 is 0.962 bits per heavy atom. The molecule has 0 spiro atoms. The van der Waals surface area contributed by atoms with Crippen LogP contribution in [0.4, 0.5) is 5.69 Å². The van der Waals surface area contributed by atoms with Gasteiger partial charge in [-0.2, -0.15) is 0 Å². The van der Waals surface area contributed by atoms with Crippen LogP contribution in [0.2, 0.25) is 0 Å². The molecule has 1 heterocycles. The van der Waals surface area contributed by atoms with E-state index in [1.54, 1.807) is 7.05 Å². The summed E-state index contributed by atoms with van der Waals surface area (Å²) in [5.74, 6) is 0. The Balaban J connectivity index is 1.90. The van der Waals surface area contributed by atoms with E-state index in [2.05, 4.69) is 10.3 Å². The normalized spacial score (nSPS) is 10.7. The highest BCUT2D eigenvalue weighted by Gasteiger charge is 2.14. The van der Waals surface area contributed by atoms with Gasteiger partial charge >= 0.3 is 5.69 Å². The Morgan fingerprint density at radius 2 is 1.58 bits per heavy atom. The van der Waals surface area contributed by atoms with Gasteiger partial charge in [0.15, 0.2) is 0 Å². The van der Waals surface area contributed by atoms with Crippen molar-refractivity contribution in [2.75, 3.05) is 12.4 Å². The molecule has 0 saturated carbocycles. The molecule has 3 aromatic rings. The van der Waals surface area contributed by atoms with Gasteiger partial charge in [0, 0.05) is 13.5 Å². The molecular formula is C20H21N3O3. The maximum Gasteiger partial charge on any atom is 0.330 e. The van der Waals surface area contributed by atoms with Crippen LogP contribution in [0.5, 0.6) is 0 Å². The number of nitrogens with zero attached hydrogens (tertiary/aromatic N) is 1. The fourth-order valence-corrected chi connectivity index (χ4v) is 2.81. The zero-order valence-electron chi connectivity index (χ0n) is 14.6. The number of aromatic amines is 1. The van der Waals surface area contributed by atoms with Gasteiger partial charge in [0.25, 0.3) is 5.56 Å². The highest BCUT2D eigenvalue weighted by molar-refractivity contribution is 5.47. The fraction of sp³-hybridized carbons (Fsp3) is 0.200. The van der Waals surface area contributed by atoms with Crippen LogP contribution in [0.1, 0.15) is 16.8 Å². The second-order valence-electron chi connectivity index (χ2n) is 5.88. The lowest BCUT2D eigenvalue weighted by Crippen LogP contribution is -2.35. The van der Waals surface area contributed by atoms with Crippen molar-refractivity contribution in [3.63, 3.8) is 0 Å². The van der Waals surface area contributed by atoms with Crippen LogP contribution >= 0.6 is 0 Å². The van der Waals surface area contributed by atoms with Crippen molar-refractivity contribution in [2.45, 2.75) is 19.8 Å². The van der Waals surface area contributed by atoms with Crippen molar-refractivity contribution >= 4 is 5.69 Å². The minimum atomic E-state index is -0.479. The van der Waals surface area contributed by atoms with Crippen LogP contribution in [0.25, 0.3) is 0 Å². The van der Waals surface area contributed by atoms with E-state index in [9.17, 15) is 9.59 Å². The molecule has 134 valence electrons. The van der Waals surface area contributed by atoms with Crippen LogP contribution in [-0.4, -0.2) is 16.6 Å². The number of nitrogens with one attached hydrogen (secondary N) is 2. The van der Waals surface area contributed by atoms with E-state index in [-0.39, 0.29) is 6.73 Å². The zero-order valence-corrected chi connectivity index (χ0v) is 14.6. The lowest BCUT2D eigenvalue weighted by molar-refractivity contribution is 0.0593. The zero-order chi connectivity index (χ0) is 18.4. The van der Waals surface area contributed by atoms with E-state index in [0.29, 0.717) is 24.4 Å². The van der Waals surface area contributed by atoms with Crippen LogP contribution in [-0.2, 0) is 24.5 Å². The van der Waals surface area contributed by atoms with E-state index in [1.807, 2.05) is 60.7 Å². The van der Waals surface area contributed by atoms with Gasteiger partial charge in [0.1, 0.15) is 12.4 Å². The van der Waals surface area contributed by atoms with Gasteiger partial charge in [-0.15, -0.1) is 0 Å². The Hall–Kier alpha value is -3.12. The summed E-state index contributed by atoms with van der Waals surface area (Å²) < 4.78 is 7.18. The van der Waals surface area contributed by atoms with E-state index < -0.39 is 11.2 Å². The quantitative estimate of drug-likeness (QED) is 0.685. The lowest BCUT2D eigenvalue weighted by Gasteiger charge is -2.16. The highest BCUT2D eigenvalue weighted by Crippen LogP contribution is 2.14. The van der Waals surface area contributed by atoms with Gasteiger partial charge in [0.2, 0.25) is 0 Å². The molecule has 6 nitrogen and oxygen atoms in total. The highest BCUT2D eigenvalue weighted by atomic mass is 16.5.